The van der Waals surface area contributed by atoms with E-state index in [1.807, 2.05) is 27.7 Å². The molecule has 0 spiro atoms. The molecule has 17 heavy (non-hydrogen) atoms. The lowest BCUT2D eigenvalue weighted by Gasteiger charge is -2.23. The smallest absolute Gasteiger partial charge is 0.232 e. The number of hydrogen-bond acceptors (Lipinski definition) is 5. The molecule has 0 bridgehead atoms. The maximum Gasteiger partial charge on any atom is 0.232 e. The Morgan fingerprint density at radius 1 is 1.41 bits per heavy atom. The van der Waals surface area contributed by atoms with Crippen molar-refractivity contribution in [3.63, 3.8) is 0 Å². The van der Waals surface area contributed by atoms with E-state index in [0.717, 1.165) is 6.42 Å². The fraction of sp³-hybridized carbons (Fsp3) is 0.833. The second kappa shape index (κ2) is 5.60. The summed E-state index contributed by atoms with van der Waals surface area (Å²) in [6.45, 7) is 10.1. The van der Waals surface area contributed by atoms with Gasteiger partial charge < -0.3 is 14.4 Å². The zero-order valence-corrected chi connectivity index (χ0v) is 11.2. The van der Waals surface area contributed by atoms with E-state index >= 15 is 0 Å². The number of aliphatic hydroxyl groups excluding tert-OH is 1. The molecule has 0 saturated heterocycles. The number of hydrogen-bond donors (Lipinski definition) is 1. The van der Waals surface area contributed by atoms with E-state index in [0.29, 0.717) is 18.3 Å². The second-order valence-electron chi connectivity index (χ2n) is 4.50. The molecule has 0 fully saturated rings. The quantitative estimate of drug-likeness (QED) is 0.828. The molecule has 3 unspecified atom stereocenters. The minimum absolute atomic E-state index is 0.168. The maximum atomic E-state index is 9.49. The van der Waals surface area contributed by atoms with Crippen molar-refractivity contribution in [2.24, 2.45) is 0 Å². The molecular weight excluding hydrogens is 220 g/mol. The van der Waals surface area contributed by atoms with Gasteiger partial charge in [0, 0.05) is 6.61 Å². The van der Waals surface area contributed by atoms with E-state index in [1.165, 1.54) is 0 Å². The summed E-state index contributed by atoms with van der Waals surface area (Å²) in [5.74, 6) is 0.831. The average molecular weight is 242 g/mol. The number of ether oxygens (including phenoxy) is 1. The molecular formula is C12H22N2O3. The second-order valence-corrected chi connectivity index (χ2v) is 4.50. The van der Waals surface area contributed by atoms with Crippen LogP contribution < -0.4 is 0 Å². The molecule has 1 rings (SSSR count). The van der Waals surface area contributed by atoms with Crippen LogP contribution in [-0.4, -0.2) is 28.0 Å². The van der Waals surface area contributed by atoms with Gasteiger partial charge in [-0.3, -0.25) is 0 Å². The Balaban J connectivity index is 2.93. The Labute approximate surface area is 102 Å². The van der Waals surface area contributed by atoms with E-state index in [9.17, 15) is 5.11 Å². The third-order valence-electron chi connectivity index (χ3n) is 3.17. The summed E-state index contributed by atoms with van der Waals surface area (Å²) in [5, 5.41) is 13.4. The van der Waals surface area contributed by atoms with E-state index in [2.05, 4.69) is 10.1 Å². The summed E-state index contributed by atoms with van der Waals surface area (Å²) >= 11 is 0. The van der Waals surface area contributed by atoms with Crippen molar-refractivity contribution < 1.29 is 14.4 Å². The van der Waals surface area contributed by atoms with Gasteiger partial charge >= 0.3 is 0 Å². The normalized spacial score (nSPS) is 18.7. The summed E-state index contributed by atoms with van der Waals surface area (Å²) in [6, 6.07) is 0. The van der Waals surface area contributed by atoms with Crippen LogP contribution >= 0.6 is 0 Å². The molecule has 1 aromatic rings. The first kappa shape index (κ1) is 14.1. The molecule has 0 aliphatic rings. The average Bonchev–Trinajstić information content (AvgIpc) is 2.77. The van der Waals surface area contributed by atoms with Crippen molar-refractivity contribution in [2.45, 2.75) is 58.7 Å². The van der Waals surface area contributed by atoms with Crippen LogP contribution in [0.1, 0.15) is 58.7 Å². The van der Waals surface area contributed by atoms with Crippen LogP contribution in [0.5, 0.6) is 0 Å². The Hall–Kier alpha value is -0.940. The summed E-state index contributed by atoms with van der Waals surface area (Å²) < 4.78 is 10.9. The topological polar surface area (TPSA) is 68.4 Å². The Morgan fingerprint density at radius 3 is 2.53 bits per heavy atom. The fourth-order valence-corrected chi connectivity index (χ4v) is 1.48. The van der Waals surface area contributed by atoms with E-state index < -0.39 is 11.7 Å². The van der Waals surface area contributed by atoms with Crippen molar-refractivity contribution in [3.8, 4) is 0 Å². The van der Waals surface area contributed by atoms with Gasteiger partial charge in [-0.1, -0.05) is 19.0 Å². The molecule has 0 amide bonds. The first-order valence-corrected chi connectivity index (χ1v) is 6.10. The number of nitrogens with zero attached hydrogens (tertiary/aromatic N) is 2. The van der Waals surface area contributed by atoms with E-state index in [-0.39, 0.29) is 5.92 Å². The van der Waals surface area contributed by atoms with Gasteiger partial charge in [-0.05, 0) is 27.2 Å². The molecule has 3 atom stereocenters. The van der Waals surface area contributed by atoms with Crippen LogP contribution in [0.2, 0.25) is 0 Å². The van der Waals surface area contributed by atoms with Crippen LogP contribution in [0.3, 0.4) is 0 Å². The monoisotopic (exact) mass is 242 g/mol. The molecule has 98 valence electrons. The van der Waals surface area contributed by atoms with Gasteiger partial charge in [-0.25, -0.2) is 0 Å². The maximum absolute atomic E-state index is 9.49. The number of aromatic nitrogens is 2. The molecule has 0 aromatic carbocycles. The summed E-state index contributed by atoms with van der Waals surface area (Å²) in [7, 11) is 0. The number of aliphatic hydroxyl groups is 1. The molecule has 0 aliphatic carbocycles. The molecule has 5 nitrogen and oxygen atoms in total. The van der Waals surface area contributed by atoms with Crippen LogP contribution in [0.25, 0.3) is 0 Å². The lowest BCUT2D eigenvalue weighted by molar-refractivity contribution is -0.0403. The molecule has 1 N–H and O–H groups in total. The van der Waals surface area contributed by atoms with Crippen LogP contribution in [0.4, 0.5) is 0 Å². The lowest BCUT2D eigenvalue weighted by Crippen LogP contribution is -2.26. The first-order valence-electron chi connectivity index (χ1n) is 6.10. The van der Waals surface area contributed by atoms with E-state index in [1.54, 1.807) is 6.92 Å². The van der Waals surface area contributed by atoms with E-state index in [4.69, 9.17) is 9.26 Å². The van der Waals surface area contributed by atoms with Crippen molar-refractivity contribution >= 4 is 0 Å². The summed E-state index contributed by atoms with van der Waals surface area (Å²) in [6.07, 6.45) is 0.256. The predicted octanol–water partition coefficient (Wildman–Crippen LogP) is 2.22. The first-order chi connectivity index (χ1) is 7.94. The highest BCUT2D eigenvalue weighted by Crippen LogP contribution is 2.28. The zero-order chi connectivity index (χ0) is 13.1. The lowest BCUT2D eigenvalue weighted by atomic mass is 10.0. The van der Waals surface area contributed by atoms with Gasteiger partial charge in [0.1, 0.15) is 5.60 Å². The van der Waals surface area contributed by atoms with Crippen molar-refractivity contribution in [3.05, 3.63) is 11.7 Å². The highest BCUT2D eigenvalue weighted by Gasteiger charge is 2.32. The minimum Gasteiger partial charge on any atom is -0.393 e. The molecule has 1 aromatic heterocycles. The molecule has 0 aliphatic heterocycles. The molecule has 0 radical (unpaired) electrons. The molecule has 5 heteroatoms. The standard InChI is InChI=1S/C12H22N2O3/c1-6-12(5,16-7-2)11-13-10(17-14-11)8(3)9(4)15/h8-9,15H,6-7H2,1-5H3. The van der Waals surface area contributed by atoms with Gasteiger partial charge in [0.25, 0.3) is 0 Å². The third-order valence-corrected chi connectivity index (χ3v) is 3.17. The van der Waals surface area contributed by atoms with Crippen LogP contribution in [0, 0.1) is 0 Å². The van der Waals surface area contributed by atoms with Crippen LogP contribution in [0.15, 0.2) is 4.52 Å². The molecule has 1 heterocycles. The minimum atomic E-state index is -0.519. The van der Waals surface area contributed by atoms with Gasteiger partial charge in [0.05, 0.1) is 12.0 Å². The van der Waals surface area contributed by atoms with Gasteiger partial charge in [0.15, 0.2) is 0 Å². The third kappa shape index (κ3) is 3.04. The van der Waals surface area contributed by atoms with Crippen molar-refractivity contribution in [1.29, 1.82) is 0 Å². The Kier molecular flexibility index (Phi) is 4.65. The highest BCUT2D eigenvalue weighted by atomic mass is 16.5. The largest absolute Gasteiger partial charge is 0.393 e. The highest BCUT2D eigenvalue weighted by molar-refractivity contribution is 5.02. The summed E-state index contributed by atoms with van der Waals surface area (Å²) in [5.41, 5.74) is -0.519. The SMILES string of the molecule is CCOC(C)(CC)c1noc(C(C)C(C)O)n1. The van der Waals surface area contributed by atoms with Gasteiger partial charge in [-0.15, -0.1) is 0 Å². The Bertz CT molecular complexity index is 351. The van der Waals surface area contributed by atoms with Crippen LogP contribution in [-0.2, 0) is 10.3 Å². The van der Waals surface area contributed by atoms with Gasteiger partial charge in [0.2, 0.25) is 11.7 Å². The summed E-state index contributed by atoms with van der Waals surface area (Å²) in [4.78, 5) is 4.33. The predicted molar refractivity (Wildman–Crippen MR) is 63.7 cm³/mol. The van der Waals surface area contributed by atoms with Crippen molar-refractivity contribution in [1.82, 2.24) is 10.1 Å². The number of rotatable bonds is 6. The zero-order valence-electron chi connectivity index (χ0n) is 11.2. The Morgan fingerprint density at radius 2 is 2.06 bits per heavy atom. The fourth-order valence-electron chi connectivity index (χ4n) is 1.48. The molecule has 0 saturated carbocycles. The van der Waals surface area contributed by atoms with Crippen molar-refractivity contribution in [2.75, 3.05) is 6.61 Å². The van der Waals surface area contributed by atoms with Gasteiger partial charge in [-0.2, -0.15) is 4.98 Å².